The van der Waals surface area contributed by atoms with Crippen LogP contribution in [0.3, 0.4) is 0 Å². The molecule has 0 unspecified atom stereocenters. The molecule has 0 aliphatic carbocycles. The standard InChI is InChI=1S/C12H8ClF2N3O/c1-18(10-4-7(14)2-3-9(10)15)12(19)11-8(13)5-16-6-17-11/h2-6H,1H3. The minimum Gasteiger partial charge on any atom is -0.307 e. The van der Waals surface area contributed by atoms with Gasteiger partial charge in [-0.2, -0.15) is 0 Å². The molecule has 98 valence electrons. The van der Waals surface area contributed by atoms with E-state index in [2.05, 4.69) is 9.97 Å². The molecular formula is C12H8ClF2N3O. The molecule has 0 atom stereocenters. The second-order valence-electron chi connectivity index (χ2n) is 3.68. The Morgan fingerprint density at radius 2 is 2.11 bits per heavy atom. The van der Waals surface area contributed by atoms with Crippen molar-refractivity contribution in [1.29, 1.82) is 0 Å². The summed E-state index contributed by atoms with van der Waals surface area (Å²) >= 11 is 5.78. The zero-order valence-corrected chi connectivity index (χ0v) is 10.5. The predicted octanol–water partition coefficient (Wildman–Crippen LogP) is 2.68. The highest BCUT2D eigenvalue weighted by Crippen LogP contribution is 2.22. The van der Waals surface area contributed by atoms with Gasteiger partial charge in [0.15, 0.2) is 5.69 Å². The van der Waals surface area contributed by atoms with Gasteiger partial charge in [-0.1, -0.05) is 11.6 Å². The summed E-state index contributed by atoms with van der Waals surface area (Å²) in [4.78, 5) is 20.4. The lowest BCUT2D eigenvalue weighted by Crippen LogP contribution is -2.28. The summed E-state index contributed by atoms with van der Waals surface area (Å²) in [7, 11) is 1.30. The van der Waals surface area contributed by atoms with Crippen LogP contribution in [0.4, 0.5) is 14.5 Å². The van der Waals surface area contributed by atoms with Crippen LogP contribution in [0, 0.1) is 11.6 Å². The summed E-state index contributed by atoms with van der Waals surface area (Å²) in [6.07, 6.45) is 2.40. The van der Waals surface area contributed by atoms with E-state index in [9.17, 15) is 13.6 Å². The van der Waals surface area contributed by atoms with E-state index in [1.165, 1.54) is 13.2 Å². The SMILES string of the molecule is CN(C(=O)c1ncncc1Cl)c1cc(F)ccc1F. The monoisotopic (exact) mass is 283 g/mol. The molecule has 1 aromatic heterocycles. The van der Waals surface area contributed by atoms with E-state index in [0.29, 0.717) is 0 Å². The van der Waals surface area contributed by atoms with Gasteiger partial charge < -0.3 is 4.90 Å². The molecule has 1 amide bonds. The van der Waals surface area contributed by atoms with Crippen molar-refractivity contribution in [3.8, 4) is 0 Å². The number of hydrogen-bond donors (Lipinski definition) is 0. The molecule has 0 radical (unpaired) electrons. The van der Waals surface area contributed by atoms with Gasteiger partial charge in [0.05, 0.1) is 10.7 Å². The number of anilines is 1. The normalized spacial score (nSPS) is 10.3. The molecule has 2 rings (SSSR count). The molecule has 1 aromatic carbocycles. The molecule has 0 saturated carbocycles. The molecule has 0 spiro atoms. The van der Waals surface area contributed by atoms with Crippen molar-refractivity contribution in [3.63, 3.8) is 0 Å². The Hall–Kier alpha value is -2.08. The molecular weight excluding hydrogens is 276 g/mol. The summed E-state index contributed by atoms with van der Waals surface area (Å²) < 4.78 is 26.7. The van der Waals surface area contributed by atoms with E-state index in [1.54, 1.807) is 0 Å². The largest absolute Gasteiger partial charge is 0.307 e. The van der Waals surface area contributed by atoms with Gasteiger partial charge in [-0.3, -0.25) is 4.79 Å². The first-order chi connectivity index (χ1) is 9.00. The van der Waals surface area contributed by atoms with Crippen LogP contribution in [-0.2, 0) is 0 Å². The first-order valence-corrected chi connectivity index (χ1v) is 5.57. The predicted molar refractivity (Wildman–Crippen MR) is 66.1 cm³/mol. The number of nitrogens with zero attached hydrogens (tertiary/aromatic N) is 3. The topological polar surface area (TPSA) is 46.1 Å². The molecule has 0 aliphatic heterocycles. The molecule has 0 bridgehead atoms. The Morgan fingerprint density at radius 1 is 1.37 bits per heavy atom. The van der Waals surface area contributed by atoms with Crippen molar-refractivity contribution in [2.45, 2.75) is 0 Å². The van der Waals surface area contributed by atoms with Crippen molar-refractivity contribution < 1.29 is 13.6 Å². The Labute approximate surface area is 112 Å². The van der Waals surface area contributed by atoms with Crippen molar-refractivity contribution in [2.24, 2.45) is 0 Å². The van der Waals surface area contributed by atoms with E-state index in [-0.39, 0.29) is 16.4 Å². The zero-order valence-electron chi connectivity index (χ0n) is 9.77. The Bertz CT molecular complexity index is 636. The van der Waals surface area contributed by atoms with Crippen LogP contribution in [-0.4, -0.2) is 22.9 Å². The minimum atomic E-state index is -0.720. The third kappa shape index (κ3) is 2.68. The molecule has 2 aromatic rings. The molecule has 0 saturated heterocycles. The molecule has 0 fully saturated rings. The quantitative estimate of drug-likeness (QED) is 0.851. The lowest BCUT2D eigenvalue weighted by Gasteiger charge is -2.17. The third-order valence-corrected chi connectivity index (χ3v) is 2.72. The average Bonchev–Trinajstić information content (AvgIpc) is 2.40. The van der Waals surface area contributed by atoms with Crippen LogP contribution in [0.2, 0.25) is 5.02 Å². The van der Waals surface area contributed by atoms with Crippen molar-refractivity contribution in [2.75, 3.05) is 11.9 Å². The van der Waals surface area contributed by atoms with Crippen LogP contribution >= 0.6 is 11.6 Å². The number of rotatable bonds is 2. The number of halogens is 3. The second kappa shape index (κ2) is 5.27. The molecule has 0 N–H and O–H groups in total. The maximum atomic E-state index is 13.6. The Morgan fingerprint density at radius 3 is 2.79 bits per heavy atom. The summed E-state index contributed by atoms with van der Waals surface area (Å²) in [5, 5.41) is 0.0381. The van der Waals surface area contributed by atoms with Gasteiger partial charge in [-0.15, -0.1) is 0 Å². The van der Waals surface area contributed by atoms with Crippen LogP contribution in [0.25, 0.3) is 0 Å². The molecule has 4 nitrogen and oxygen atoms in total. The summed E-state index contributed by atoms with van der Waals surface area (Å²) in [5.41, 5.74) is -0.275. The fourth-order valence-electron chi connectivity index (χ4n) is 1.48. The van der Waals surface area contributed by atoms with Gasteiger partial charge in [0.2, 0.25) is 0 Å². The minimum absolute atomic E-state index is 0.0381. The fraction of sp³-hybridized carbons (Fsp3) is 0.0833. The van der Waals surface area contributed by atoms with Gasteiger partial charge in [0.25, 0.3) is 5.91 Å². The Kier molecular flexibility index (Phi) is 3.71. The molecule has 19 heavy (non-hydrogen) atoms. The van der Waals surface area contributed by atoms with Crippen molar-refractivity contribution in [1.82, 2.24) is 9.97 Å². The summed E-state index contributed by atoms with van der Waals surface area (Å²) in [6.45, 7) is 0. The first-order valence-electron chi connectivity index (χ1n) is 5.19. The van der Waals surface area contributed by atoms with E-state index >= 15 is 0 Å². The zero-order chi connectivity index (χ0) is 14.0. The first kappa shape index (κ1) is 13.4. The van der Waals surface area contributed by atoms with Crippen molar-refractivity contribution >= 4 is 23.2 Å². The van der Waals surface area contributed by atoms with E-state index in [4.69, 9.17) is 11.6 Å². The van der Waals surface area contributed by atoms with Gasteiger partial charge in [0.1, 0.15) is 18.0 Å². The van der Waals surface area contributed by atoms with Crippen molar-refractivity contribution in [3.05, 3.63) is 53.1 Å². The van der Waals surface area contributed by atoms with Gasteiger partial charge >= 0.3 is 0 Å². The number of carbonyl (C=O) groups excluding carboxylic acids is 1. The average molecular weight is 284 g/mol. The number of amides is 1. The van der Waals surface area contributed by atoms with Gasteiger partial charge in [-0.05, 0) is 12.1 Å². The lowest BCUT2D eigenvalue weighted by molar-refractivity contribution is 0.0987. The maximum absolute atomic E-state index is 13.6. The van der Waals surface area contributed by atoms with Crippen LogP contribution < -0.4 is 4.90 Å². The highest BCUT2D eigenvalue weighted by Gasteiger charge is 2.20. The number of hydrogen-bond acceptors (Lipinski definition) is 3. The number of carbonyl (C=O) groups is 1. The maximum Gasteiger partial charge on any atom is 0.278 e. The molecule has 1 heterocycles. The van der Waals surface area contributed by atoms with Crippen LogP contribution in [0.1, 0.15) is 10.5 Å². The Balaban J connectivity index is 2.39. The van der Waals surface area contributed by atoms with Crippen LogP contribution in [0.5, 0.6) is 0 Å². The lowest BCUT2D eigenvalue weighted by atomic mass is 10.2. The smallest absolute Gasteiger partial charge is 0.278 e. The number of benzene rings is 1. The second-order valence-corrected chi connectivity index (χ2v) is 4.09. The van der Waals surface area contributed by atoms with E-state index in [0.717, 1.165) is 29.4 Å². The third-order valence-electron chi connectivity index (χ3n) is 2.44. The summed E-state index contributed by atoms with van der Waals surface area (Å²) in [6, 6.07) is 2.83. The highest BCUT2D eigenvalue weighted by atomic mass is 35.5. The van der Waals surface area contributed by atoms with Crippen LogP contribution in [0.15, 0.2) is 30.7 Å². The summed E-state index contributed by atoms with van der Waals surface area (Å²) in [5.74, 6) is -2.02. The molecule has 0 aliphatic rings. The van der Waals surface area contributed by atoms with Gasteiger partial charge in [-0.25, -0.2) is 18.7 Å². The number of aromatic nitrogens is 2. The van der Waals surface area contributed by atoms with Gasteiger partial charge in [0, 0.05) is 19.3 Å². The van der Waals surface area contributed by atoms with E-state index < -0.39 is 17.5 Å². The molecule has 7 heteroatoms. The highest BCUT2D eigenvalue weighted by molar-refractivity contribution is 6.34. The fourth-order valence-corrected chi connectivity index (χ4v) is 1.67. The van der Waals surface area contributed by atoms with E-state index in [1.807, 2.05) is 0 Å².